The number of aryl methyl sites for hydroxylation is 3. The van der Waals surface area contributed by atoms with E-state index >= 15 is 0 Å². The number of hydrogen-bond donors (Lipinski definition) is 0. The quantitative estimate of drug-likeness (QED) is 0.130. The lowest BCUT2D eigenvalue weighted by Crippen LogP contribution is -2.56. The number of esters is 1. The van der Waals surface area contributed by atoms with Crippen molar-refractivity contribution in [2.45, 2.75) is 84.9 Å². The van der Waals surface area contributed by atoms with Crippen LogP contribution in [-0.2, 0) is 22.2 Å². The van der Waals surface area contributed by atoms with Gasteiger partial charge in [-0.15, -0.1) is 0 Å². The molecule has 54 heavy (non-hydrogen) atoms. The van der Waals surface area contributed by atoms with Gasteiger partial charge in [0.05, 0.1) is 49.6 Å². The average Bonchev–Trinajstić information content (AvgIpc) is 3.33. The standard InChI is InChI=1S/C40H41F5N4O5/c1-21-11-25(15-28(12-21)40(43,44)45)34-24(4)49(37(51)53-34)18-31-29(9-10-32(47-31)48-19-39(41,42)20-48)30-16-27(17-46-35(30)52-8)33-22(2)13-26(14-23(33)3)36(50)54-38(5,6)7/h9-17,24,34H,18-20H2,1-8H3/t24-,34-/m0/s1. The first kappa shape index (κ1) is 38.5. The highest BCUT2D eigenvalue weighted by molar-refractivity contribution is 5.92. The first-order valence-electron chi connectivity index (χ1n) is 17.3. The molecular weight excluding hydrogens is 711 g/mol. The Morgan fingerprint density at radius 3 is 2.24 bits per heavy atom. The monoisotopic (exact) mass is 752 g/mol. The fourth-order valence-corrected chi connectivity index (χ4v) is 6.99. The minimum Gasteiger partial charge on any atom is -0.481 e. The summed E-state index contributed by atoms with van der Waals surface area (Å²) in [6.07, 6.45) is -4.76. The Labute approximate surface area is 310 Å². The molecule has 0 aliphatic carbocycles. The van der Waals surface area contributed by atoms with Gasteiger partial charge in [-0.25, -0.2) is 28.3 Å². The van der Waals surface area contributed by atoms with Crippen molar-refractivity contribution in [1.82, 2.24) is 14.9 Å². The molecule has 0 bridgehead atoms. The number of halogens is 5. The van der Waals surface area contributed by atoms with E-state index in [0.717, 1.165) is 28.8 Å². The van der Waals surface area contributed by atoms with Crippen LogP contribution in [-0.4, -0.2) is 64.7 Å². The van der Waals surface area contributed by atoms with E-state index in [4.69, 9.17) is 19.2 Å². The summed E-state index contributed by atoms with van der Waals surface area (Å²) in [4.78, 5) is 38.4. The average molecular weight is 753 g/mol. The molecule has 0 unspecified atom stereocenters. The third kappa shape index (κ3) is 7.83. The number of hydrogen-bond acceptors (Lipinski definition) is 8. The Bertz CT molecular complexity index is 2100. The number of aromatic nitrogens is 2. The zero-order valence-electron chi connectivity index (χ0n) is 31.2. The molecule has 4 heterocycles. The number of nitrogens with zero attached hydrogens (tertiary/aromatic N) is 4. The molecule has 9 nitrogen and oxygen atoms in total. The van der Waals surface area contributed by atoms with Crippen LogP contribution < -0.4 is 9.64 Å². The van der Waals surface area contributed by atoms with Crippen molar-refractivity contribution in [1.29, 1.82) is 0 Å². The topological polar surface area (TPSA) is 94.1 Å². The molecule has 2 fully saturated rings. The maximum Gasteiger partial charge on any atom is 0.416 e. The number of anilines is 1. The summed E-state index contributed by atoms with van der Waals surface area (Å²) < 4.78 is 85.9. The van der Waals surface area contributed by atoms with Gasteiger partial charge in [0.1, 0.15) is 17.5 Å². The number of benzene rings is 2. The van der Waals surface area contributed by atoms with Crippen LogP contribution in [0.25, 0.3) is 22.3 Å². The van der Waals surface area contributed by atoms with E-state index < -0.39 is 60.6 Å². The number of carbonyl (C=O) groups is 2. The molecule has 2 atom stereocenters. The number of ether oxygens (including phenoxy) is 3. The van der Waals surface area contributed by atoms with Crippen LogP contribution >= 0.6 is 0 Å². The van der Waals surface area contributed by atoms with E-state index in [1.54, 1.807) is 64.2 Å². The Hall–Kier alpha value is -5.27. The van der Waals surface area contributed by atoms with E-state index in [0.29, 0.717) is 33.5 Å². The molecule has 0 saturated carbocycles. The second-order valence-electron chi connectivity index (χ2n) is 14.9. The summed E-state index contributed by atoms with van der Waals surface area (Å²) in [5, 5.41) is 0. The molecule has 2 aromatic carbocycles. The largest absolute Gasteiger partial charge is 0.481 e. The smallest absolute Gasteiger partial charge is 0.416 e. The third-order valence-electron chi connectivity index (χ3n) is 9.39. The van der Waals surface area contributed by atoms with Crippen LogP contribution in [0.3, 0.4) is 0 Å². The lowest BCUT2D eigenvalue weighted by atomic mass is 9.92. The van der Waals surface area contributed by atoms with Gasteiger partial charge in [-0.2, -0.15) is 13.2 Å². The van der Waals surface area contributed by atoms with Crippen molar-refractivity contribution in [3.63, 3.8) is 0 Å². The van der Waals surface area contributed by atoms with Gasteiger partial charge in [-0.05, 0) is 113 Å². The van der Waals surface area contributed by atoms with Crippen molar-refractivity contribution >= 4 is 17.9 Å². The zero-order chi connectivity index (χ0) is 39.5. The molecule has 0 N–H and O–H groups in total. The number of rotatable bonds is 8. The molecule has 1 amide bonds. The number of cyclic esters (lactones) is 1. The van der Waals surface area contributed by atoms with Crippen molar-refractivity contribution in [3.8, 4) is 28.1 Å². The SMILES string of the molecule is COc1ncc(-c2c(C)cc(C(=O)OC(C)(C)C)cc2C)cc1-c1ccc(N2CC(F)(F)C2)nc1CN1C(=O)O[C@H](c2cc(C)cc(C(F)(F)F)c2)[C@@H]1C. The summed E-state index contributed by atoms with van der Waals surface area (Å²) in [6.45, 7) is 11.1. The highest BCUT2D eigenvalue weighted by Crippen LogP contribution is 2.41. The summed E-state index contributed by atoms with van der Waals surface area (Å²) in [6, 6.07) is 11.4. The third-order valence-corrected chi connectivity index (χ3v) is 9.39. The van der Waals surface area contributed by atoms with Crippen LogP contribution in [0.5, 0.6) is 5.88 Å². The van der Waals surface area contributed by atoms with E-state index in [2.05, 4.69) is 4.98 Å². The second kappa shape index (κ2) is 13.9. The van der Waals surface area contributed by atoms with Crippen LogP contribution in [0.4, 0.5) is 32.6 Å². The van der Waals surface area contributed by atoms with Gasteiger partial charge in [0.25, 0.3) is 5.92 Å². The minimum absolute atomic E-state index is 0.169. The normalized spacial score (nSPS) is 18.4. The van der Waals surface area contributed by atoms with Crippen molar-refractivity contribution < 1.29 is 45.8 Å². The fraction of sp³-hybridized carbons (Fsp3) is 0.400. The van der Waals surface area contributed by atoms with Gasteiger partial charge in [0.15, 0.2) is 0 Å². The molecule has 0 radical (unpaired) electrons. The molecule has 2 aliphatic heterocycles. The Morgan fingerprint density at radius 2 is 1.65 bits per heavy atom. The van der Waals surface area contributed by atoms with Gasteiger partial charge in [0.2, 0.25) is 5.88 Å². The molecule has 4 aromatic rings. The molecule has 6 rings (SSSR count). The Morgan fingerprint density at radius 1 is 0.981 bits per heavy atom. The summed E-state index contributed by atoms with van der Waals surface area (Å²) in [7, 11) is 1.45. The lowest BCUT2D eigenvalue weighted by Gasteiger charge is -2.39. The minimum atomic E-state index is -4.60. The van der Waals surface area contributed by atoms with E-state index in [9.17, 15) is 31.5 Å². The number of alkyl halides is 5. The second-order valence-corrected chi connectivity index (χ2v) is 14.9. The molecule has 14 heteroatoms. The van der Waals surface area contributed by atoms with Gasteiger partial charge < -0.3 is 19.1 Å². The number of carbonyl (C=O) groups excluding carboxylic acids is 2. The molecule has 2 aliphatic rings. The van der Waals surface area contributed by atoms with Gasteiger partial charge >= 0.3 is 18.2 Å². The summed E-state index contributed by atoms with van der Waals surface area (Å²) >= 11 is 0. The maximum atomic E-state index is 13.9. The first-order valence-corrected chi connectivity index (χ1v) is 17.3. The highest BCUT2D eigenvalue weighted by atomic mass is 19.4. The zero-order valence-corrected chi connectivity index (χ0v) is 31.2. The first-order chi connectivity index (χ1) is 25.1. The number of amides is 1. The number of pyridine rings is 2. The predicted octanol–water partition coefficient (Wildman–Crippen LogP) is 9.26. The molecule has 2 aromatic heterocycles. The van der Waals surface area contributed by atoms with Crippen LogP contribution in [0.2, 0.25) is 0 Å². The van der Waals surface area contributed by atoms with Gasteiger partial charge in [0, 0.05) is 22.9 Å². The summed E-state index contributed by atoms with van der Waals surface area (Å²) in [5.41, 5.74) is 3.74. The van der Waals surface area contributed by atoms with Crippen molar-refractivity contribution in [2.75, 3.05) is 25.1 Å². The Balaban J connectivity index is 1.40. The molecule has 0 spiro atoms. The Kier molecular flexibility index (Phi) is 9.87. The van der Waals surface area contributed by atoms with Crippen molar-refractivity contribution in [3.05, 3.63) is 93.8 Å². The van der Waals surface area contributed by atoms with Crippen LogP contribution in [0, 0.1) is 20.8 Å². The molecular formula is C40H41F5N4O5. The molecule has 2 saturated heterocycles. The van der Waals surface area contributed by atoms with Crippen LogP contribution in [0.1, 0.15) is 77.7 Å². The summed E-state index contributed by atoms with van der Waals surface area (Å²) in [5.74, 6) is -2.84. The molecule has 286 valence electrons. The number of methoxy groups -OCH3 is 1. The van der Waals surface area contributed by atoms with E-state index in [1.165, 1.54) is 23.8 Å². The highest BCUT2D eigenvalue weighted by Gasteiger charge is 2.45. The van der Waals surface area contributed by atoms with E-state index in [1.807, 2.05) is 19.9 Å². The predicted molar refractivity (Wildman–Crippen MR) is 192 cm³/mol. The fourth-order valence-electron chi connectivity index (χ4n) is 6.99. The van der Waals surface area contributed by atoms with Crippen molar-refractivity contribution in [2.24, 2.45) is 0 Å². The van der Waals surface area contributed by atoms with Gasteiger partial charge in [-0.1, -0.05) is 11.6 Å². The van der Waals surface area contributed by atoms with Crippen LogP contribution in [0.15, 0.2) is 54.7 Å². The lowest BCUT2D eigenvalue weighted by molar-refractivity contribution is -0.137. The van der Waals surface area contributed by atoms with Gasteiger partial charge in [-0.3, -0.25) is 4.90 Å². The van der Waals surface area contributed by atoms with E-state index in [-0.39, 0.29) is 23.8 Å². The maximum absolute atomic E-state index is 13.9.